The van der Waals surface area contributed by atoms with E-state index in [4.69, 9.17) is 14.6 Å². The number of carboxylic acids is 1. The third-order valence-corrected chi connectivity index (χ3v) is 1.87. The van der Waals surface area contributed by atoms with Gasteiger partial charge in [0.1, 0.15) is 12.5 Å². The molecule has 14 heavy (non-hydrogen) atoms. The fourth-order valence-electron chi connectivity index (χ4n) is 1.21. The van der Waals surface area contributed by atoms with Crippen molar-refractivity contribution < 1.29 is 28.2 Å². The molecule has 82 valence electrons. The van der Waals surface area contributed by atoms with Gasteiger partial charge < -0.3 is 14.6 Å². The lowest BCUT2D eigenvalue weighted by Gasteiger charge is -2.22. The SMILES string of the molecule is CC1(C)OCC(C(F)(F)CC(=O)O)O1. The summed E-state index contributed by atoms with van der Waals surface area (Å²) in [5, 5.41) is 8.26. The molecule has 0 aromatic heterocycles. The van der Waals surface area contributed by atoms with Crippen molar-refractivity contribution in [2.75, 3.05) is 6.61 Å². The third kappa shape index (κ3) is 2.62. The maximum Gasteiger partial charge on any atom is 0.309 e. The monoisotopic (exact) mass is 210 g/mol. The number of halogens is 2. The molecule has 1 fully saturated rings. The minimum atomic E-state index is -3.39. The molecule has 0 bridgehead atoms. The molecule has 1 rings (SSSR count). The standard InChI is InChI=1S/C8H12F2O4/c1-7(2)13-4-5(14-7)8(9,10)3-6(11)12/h5H,3-4H2,1-2H3,(H,11,12). The number of alkyl halides is 2. The zero-order valence-corrected chi connectivity index (χ0v) is 7.92. The molecule has 0 spiro atoms. The number of hydrogen-bond donors (Lipinski definition) is 1. The lowest BCUT2D eigenvalue weighted by atomic mass is 10.1. The first kappa shape index (κ1) is 11.3. The molecule has 1 aliphatic heterocycles. The Morgan fingerprint density at radius 3 is 2.57 bits per heavy atom. The number of rotatable bonds is 3. The molecule has 0 amide bonds. The normalized spacial score (nSPS) is 26.4. The number of hydrogen-bond acceptors (Lipinski definition) is 3. The maximum atomic E-state index is 13.1. The summed E-state index contributed by atoms with van der Waals surface area (Å²) in [5.74, 6) is -6.00. The number of aliphatic carboxylic acids is 1. The highest BCUT2D eigenvalue weighted by atomic mass is 19.3. The van der Waals surface area contributed by atoms with E-state index < -0.39 is 30.2 Å². The molecular formula is C8H12F2O4. The van der Waals surface area contributed by atoms with E-state index in [1.54, 1.807) is 0 Å². The van der Waals surface area contributed by atoms with Gasteiger partial charge in [0.25, 0.3) is 5.92 Å². The Morgan fingerprint density at radius 2 is 2.21 bits per heavy atom. The Balaban J connectivity index is 2.61. The van der Waals surface area contributed by atoms with Crippen molar-refractivity contribution in [2.45, 2.75) is 38.1 Å². The Bertz CT molecular complexity index is 239. The molecule has 1 N–H and O–H groups in total. The highest BCUT2D eigenvalue weighted by molar-refractivity contribution is 5.67. The Hall–Kier alpha value is -0.750. The Labute approximate surface area is 79.8 Å². The average molecular weight is 210 g/mol. The molecule has 1 heterocycles. The van der Waals surface area contributed by atoms with Crippen LogP contribution >= 0.6 is 0 Å². The van der Waals surface area contributed by atoms with Gasteiger partial charge in [0.05, 0.1) is 6.61 Å². The fraction of sp³-hybridized carbons (Fsp3) is 0.875. The highest BCUT2D eigenvalue weighted by Gasteiger charge is 2.49. The molecule has 4 nitrogen and oxygen atoms in total. The zero-order valence-electron chi connectivity index (χ0n) is 7.92. The van der Waals surface area contributed by atoms with Gasteiger partial charge in [-0.3, -0.25) is 4.79 Å². The van der Waals surface area contributed by atoms with Crippen LogP contribution in [0.5, 0.6) is 0 Å². The highest BCUT2D eigenvalue weighted by Crippen LogP contribution is 2.34. The topological polar surface area (TPSA) is 55.8 Å². The zero-order chi connectivity index (χ0) is 11.0. The molecule has 0 aromatic carbocycles. The van der Waals surface area contributed by atoms with Crippen LogP contribution in [-0.2, 0) is 14.3 Å². The van der Waals surface area contributed by atoms with Crippen molar-refractivity contribution in [1.82, 2.24) is 0 Å². The molecular weight excluding hydrogens is 198 g/mol. The van der Waals surface area contributed by atoms with E-state index in [1.807, 2.05) is 0 Å². The summed E-state index contributed by atoms with van der Waals surface area (Å²) in [6.45, 7) is 2.72. The summed E-state index contributed by atoms with van der Waals surface area (Å²) in [4.78, 5) is 10.2. The second-order valence-corrected chi connectivity index (χ2v) is 3.65. The molecule has 0 aromatic rings. The number of carboxylic acid groups (broad SMARTS) is 1. The first-order valence-corrected chi connectivity index (χ1v) is 4.14. The first-order chi connectivity index (χ1) is 6.23. The summed E-state index contributed by atoms with van der Waals surface area (Å²) in [7, 11) is 0. The van der Waals surface area contributed by atoms with Crippen LogP contribution in [0.15, 0.2) is 0 Å². The van der Waals surface area contributed by atoms with Gasteiger partial charge in [-0.2, -0.15) is 0 Å². The van der Waals surface area contributed by atoms with Crippen LogP contribution < -0.4 is 0 Å². The van der Waals surface area contributed by atoms with Gasteiger partial charge in [0.15, 0.2) is 5.79 Å². The summed E-state index contributed by atoms with van der Waals surface area (Å²) >= 11 is 0. The predicted octanol–water partition coefficient (Wildman–Crippen LogP) is 1.25. The Kier molecular flexibility index (Phi) is 2.78. The van der Waals surface area contributed by atoms with Crippen molar-refractivity contribution in [1.29, 1.82) is 0 Å². The van der Waals surface area contributed by atoms with Gasteiger partial charge in [-0.25, -0.2) is 8.78 Å². The van der Waals surface area contributed by atoms with Crippen LogP contribution in [0.1, 0.15) is 20.3 Å². The van der Waals surface area contributed by atoms with Crippen LogP contribution in [0.25, 0.3) is 0 Å². The fourth-order valence-corrected chi connectivity index (χ4v) is 1.21. The van der Waals surface area contributed by atoms with Gasteiger partial charge in [0.2, 0.25) is 0 Å². The van der Waals surface area contributed by atoms with Crippen molar-refractivity contribution >= 4 is 5.97 Å². The average Bonchev–Trinajstić information content (AvgIpc) is 2.27. The second-order valence-electron chi connectivity index (χ2n) is 3.65. The lowest BCUT2D eigenvalue weighted by Crippen LogP contribution is -2.38. The van der Waals surface area contributed by atoms with Crippen molar-refractivity contribution in [3.05, 3.63) is 0 Å². The molecule has 1 unspecified atom stereocenters. The lowest BCUT2D eigenvalue weighted by molar-refractivity contribution is -0.188. The number of ether oxygens (including phenoxy) is 2. The van der Waals surface area contributed by atoms with Gasteiger partial charge in [-0.15, -0.1) is 0 Å². The van der Waals surface area contributed by atoms with E-state index in [1.165, 1.54) is 13.8 Å². The van der Waals surface area contributed by atoms with Crippen LogP contribution in [0, 0.1) is 0 Å². The Morgan fingerprint density at radius 1 is 1.64 bits per heavy atom. The van der Waals surface area contributed by atoms with E-state index in [0.717, 1.165) is 0 Å². The molecule has 0 radical (unpaired) electrons. The largest absolute Gasteiger partial charge is 0.481 e. The summed E-state index contributed by atoms with van der Waals surface area (Å²) in [5.41, 5.74) is 0. The number of carbonyl (C=O) groups is 1. The molecule has 0 aliphatic carbocycles. The van der Waals surface area contributed by atoms with E-state index in [2.05, 4.69) is 0 Å². The van der Waals surface area contributed by atoms with E-state index in [0.29, 0.717) is 0 Å². The van der Waals surface area contributed by atoms with Gasteiger partial charge in [-0.1, -0.05) is 0 Å². The van der Waals surface area contributed by atoms with Gasteiger partial charge >= 0.3 is 5.97 Å². The van der Waals surface area contributed by atoms with Crippen LogP contribution in [0.4, 0.5) is 8.78 Å². The second kappa shape index (κ2) is 3.43. The third-order valence-electron chi connectivity index (χ3n) is 1.87. The van der Waals surface area contributed by atoms with E-state index >= 15 is 0 Å². The minimum absolute atomic E-state index is 0.284. The summed E-state index contributed by atoms with van der Waals surface area (Å²) in [6, 6.07) is 0. The van der Waals surface area contributed by atoms with Crippen molar-refractivity contribution in [3.8, 4) is 0 Å². The van der Waals surface area contributed by atoms with Crippen molar-refractivity contribution in [3.63, 3.8) is 0 Å². The van der Waals surface area contributed by atoms with Crippen molar-refractivity contribution in [2.24, 2.45) is 0 Å². The molecule has 1 atom stereocenters. The van der Waals surface area contributed by atoms with E-state index in [9.17, 15) is 13.6 Å². The summed E-state index contributed by atoms with van der Waals surface area (Å²) in [6.07, 6.45) is -2.72. The molecule has 1 aliphatic rings. The van der Waals surface area contributed by atoms with E-state index in [-0.39, 0.29) is 6.61 Å². The van der Waals surface area contributed by atoms with Gasteiger partial charge in [-0.05, 0) is 13.8 Å². The summed E-state index contributed by atoms with van der Waals surface area (Å²) < 4.78 is 36.1. The van der Waals surface area contributed by atoms with Crippen LogP contribution in [-0.4, -0.2) is 35.5 Å². The van der Waals surface area contributed by atoms with Crippen LogP contribution in [0.2, 0.25) is 0 Å². The first-order valence-electron chi connectivity index (χ1n) is 4.14. The van der Waals surface area contributed by atoms with Gasteiger partial charge in [0, 0.05) is 0 Å². The predicted molar refractivity (Wildman–Crippen MR) is 42.1 cm³/mol. The maximum absolute atomic E-state index is 13.1. The van der Waals surface area contributed by atoms with Crippen LogP contribution in [0.3, 0.4) is 0 Å². The molecule has 6 heteroatoms. The molecule has 0 saturated carbocycles. The quantitative estimate of drug-likeness (QED) is 0.761. The smallest absolute Gasteiger partial charge is 0.309 e. The minimum Gasteiger partial charge on any atom is -0.481 e. The molecule has 1 saturated heterocycles.